The first-order valence-corrected chi connectivity index (χ1v) is 12.7. The first kappa shape index (κ1) is 24.0. The molecule has 0 saturated heterocycles. The zero-order valence-corrected chi connectivity index (χ0v) is 20.3. The molecule has 1 N–H and O–H groups in total. The fourth-order valence-electron chi connectivity index (χ4n) is 6.55. The fourth-order valence-corrected chi connectivity index (χ4v) is 6.55. The maximum absolute atomic E-state index is 14.9. The highest BCUT2D eigenvalue weighted by Crippen LogP contribution is 2.57. The molecule has 33 heavy (non-hydrogen) atoms. The maximum atomic E-state index is 14.9. The predicted molar refractivity (Wildman–Crippen MR) is 137 cm³/mol. The number of fused-ring (bicyclic) bond motifs is 1. The van der Waals surface area contributed by atoms with Gasteiger partial charge in [0, 0.05) is 0 Å². The van der Waals surface area contributed by atoms with Gasteiger partial charge in [0.25, 0.3) is 0 Å². The quantitative estimate of drug-likeness (QED) is 0.439. The number of rotatable bonds is 6. The molecule has 1 nitrogen and oxygen atoms in total. The van der Waals surface area contributed by atoms with E-state index in [0.717, 1.165) is 31.3 Å². The summed E-state index contributed by atoms with van der Waals surface area (Å²) in [6.07, 6.45) is 17.1. The summed E-state index contributed by atoms with van der Waals surface area (Å²) in [7, 11) is 0. The number of allylic oxidation sites excluding steroid dienone is 8. The van der Waals surface area contributed by atoms with E-state index in [2.05, 4.69) is 56.9 Å². The molecule has 0 radical (unpaired) electrons. The second-order valence-corrected chi connectivity index (χ2v) is 10.5. The van der Waals surface area contributed by atoms with Crippen LogP contribution in [0.25, 0.3) is 0 Å². The normalized spacial score (nSPS) is 33.5. The van der Waals surface area contributed by atoms with Crippen LogP contribution in [0, 0.1) is 17.3 Å². The number of hydrogen-bond donors (Lipinski definition) is 1. The van der Waals surface area contributed by atoms with Gasteiger partial charge in [-0.15, -0.1) is 0 Å². The molecule has 0 amide bonds. The molecule has 0 aromatic heterocycles. The van der Waals surface area contributed by atoms with E-state index < -0.39 is 6.17 Å². The minimum Gasteiger partial charge on any atom is -0.392 e. The van der Waals surface area contributed by atoms with Gasteiger partial charge in [-0.25, -0.2) is 4.39 Å². The Hall–Kier alpha value is -2.19. The number of hydrogen-bond acceptors (Lipinski definition) is 1. The summed E-state index contributed by atoms with van der Waals surface area (Å²) < 4.78 is 14.9. The van der Waals surface area contributed by atoms with Gasteiger partial charge in [-0.05, 0) is 84.8 Å². The lowest BCUT2D eigenvalue weighted by Gasteiger charge is -2.42. The van der Waals surface area contributed by atoms with Crippen molar-refractivity contribution < 1.29 is 9.50 Å². The first-order valence-electron chi connectivity index (χ1n) is 12.7. The van der Waals surface area contributed by atoms with Gasteiger partial charge >= 0.3 is 0 Å². The zero-order valence-electron chi connectivity index (χ0n) is 20.3. The van der Waals surface area contributed by atoms with Crippen molar-refractivity contribution in [1.82, 2.24) is 0 Å². The Morgan fingerprint density at radius 1 is 1.21 bits per heavy atom. The summed E-state index contributed by atoms with van der Waals surface area (Å²) in [4.78, 5) is 0. The van der Waals surface area contributed by atoms with Crippen molar-refractivity contribution in [2.75, 3.05) is 6.61 Å². The largest absolute Gasteiger partial charge is 0.392 e. The lowest BCUT2D eigenvalue weighted by atomic mass is 9.62. The molecule has 3 aliphatic carbocycles. The van der Waals surface area contributed by atoms with Crippen LogP contribution in [0.15, 0.2) is 89.6 Å². The molecule has 2 heteroatoms. The monoisotopic (exact) mass is 446 g/mol. The molecule has 3 aliphatic rings. The Labute approximate surface area is 199 Å². The first-order chi connectivity index (χ1) is 15.9. The Kier molecular flexibility index (Phi) is 7.54. The van der Waals surface area contributed by atoms with Crippen molar-refractivity contribution in [3.8, 4) is 0 Å². The Balaban J connectivity index is 1.53. The van der Waals surface area contributed by atoms with Crippen molar-refractivity contribution >= 4 is 0 Å². The van der Waals surface area contributed by atoms with E-state index in [4.69, 9.17) is 5.11 Å². The van der Waals surface area contributed by atoms with Crippen molar-refractivity contribution in [1.29, 1.82) is 0 Å². The van der Waals surface area contributed by atoms with Gasteiger partial charge in [0.2, 0.25) is 0 Å². The number of benzene rings is 1. The molecule has 2 saturated carbocycles. The molecule has 4 rings (SSSR count). The molecule has 0 aliphatic heterocycles. The van der Waals surface area contributed by atoms with Gasteiger partial charge in [0.1, 0.15) is 6.17 Å². The van der Waals surface area contributed by atoms with Gasteiger partial charge in [-0.3, -0.25) is 0 Å². The maximum Gasteiger partial charge on any atom is 0.125 e. The zero-order chi connectivity index (χ0) is 23.4. The summed E-state index contributed by atoms with van der Waals surface area (Å²) in [5.41, 5.74) is 6.30. The molecule has 0 heterocycles. The van der Waals surface area contributed by atoms with Gasteiger partial charge in [0.15, 0.2) is 0 Å². The van der Waals surface area contributed by atoms with E-state index in [1.54, 1.807) is 5.57 Å². The molecule has 0 spiro atoms. The highest BCUT2D eigenvalue weighted by molar-refractivity contribution is 5.42. The standard InChI is InChI=1S/C31H39FO/c1-22(10-7-8-19-33)28-16-17-29-25(13-9-18-31(28,29)3)14-15-26-20-27(21-30(32)23(26)2)24-11-5-4-6-12-24/h4-8,11-12,14-16,22,27,29-30,33H,2,9-10,13,17-21H2,1,3H3/b8-7+,25-14+,26-15-. The molecule has 1 aromatic carbocycles. The molecule has 0 bridgehead atoms. The Bertz CT molecular complexity index is 966. The van der Waals surface area contributed by atoms with Gasteiger partial charge in [-0.2, -0.15) is 0 Å². The van der Waals surface area contributed by atoms with E-state index in [1.807, 2.05) is 24.3 Å². The van der Waals surface area contributed by atoms with Crippen LogP contribution < -0.4 is 0 Å². The smallest absolute Gasteiger partial charge is 0.125 e. The van der Waals surface area contributed by atoms with E-state index in [-0.39, 0.29) is 17.9 Å². The van der Waals surface area contributed by atoms with E-state index in [1.165, 1.54) is 24.0 Å². The molecule has 176 valence electrons. The number of alkyl halides is 1. The molecule has 5 unspecified atom stereocenters. The van der Waals surface area contributed by atoms with E-state index >= 15 is 0 Å². The Morgan fingerprint density at radius 3 is 2.76 bits per heavy atom. The summed E-state index contributed by atoms with van der Waals surface area (Å²) in [6.45, 7) is 8.99. The number of aliphatic hydroxyl groups is 1. The van der Waals surface area contributed by atoms with Crippen LogP contribution in [0.5, 0.6) is 0 Å². The molecule has 2 fully saturated rings. The minimum absolute atomic E-state index is 0.114. The topological polar surface area (TPSA) is 20.2 Å². The highest BCUT2D eigenvalue weighted by Gasteiger charge is 2.45. The van der Waals surface area contributed by atoms with Crippen LogP contribution >= 0.6 is 0 Å². The van der Waals surface area contributed by atoms with Gasteiger partial charge < -0.3 is 5.11 Å². The van der Waals surface area contributed by atoms with Crippen LogP contribution in [0.4, 0.5) is 4.39 Å². The average molecular weight is 447 g/mol. The Morgan fingerprint density at radius 2 is 2.00 bits per heavy atom. The predicted octanol–water partition coefficient (Wildman–Crippen LogP) is 8.02. The van der Waals surface area contributed by atoms with Crippen LogP contribution in [0.1, 0.15) is 70.3 Å². The van der Waals surface area contributed by atoms with E-state index in [0.29, 0.717) is 23.8 Å². The average Bonchev–Trinajstić information content (AvgIpc) is 3.18. The van der Waals surface area contributed by atoms with Crippen LogP contribution in [-0.4, -0.2) is 17.9 Å². The summed E-state index contributed by atoms with van der Waals surface area (Å²) in [5, 5.41) is 9.06. The van der Waals surface area contributed by atoms with Crippen LogP contribution in [-0.2, 0) is 0 Å². The summed E-state index contributed by atoms with van der Waals surface area (Å²) >= 11 is 0. The van der Waals surface area contributed by atoms with Gasteiger partial charge in [-0.1, -0.05) is 92.3 Å². The minimum atomic E-state index is -0.960. The summed E-state index contributed by atoms with van der Waals surface area (Å²) in [5.74, 6) is 1.27. The number of halogens is 1. The van der Waals surface area contributed by atoms with Gasteiger partial charge in [0.05, 0.1) is 6.61 Å². The van der Waals surface area contributed by atoms with E-state index in [9.17, 15) is 4.39 Å². The lowest BCUT2D eigenvalue weighted by Crippen LogP contribution is -2.32. The molecular weight excluding hydrogens is 407 g/mol. The third kappa shape index (κ3) is 5.01. The SMILES string of the molecule is C=C1/C(=C\C=C2/CCCC3(C)C(C(C)C/C=C/CO)=CCC23)CC(c2ccccc2)CC1F. The van der Waals surface area contributed by atoms with Crippen molar-refractivity contribution in [3.05, 3.63) is 95.1 Å². The summed E-state index contributed by atoms with van der Waals surface area (Å²) in [6, 6.07) is 10.4. The third-order valence-electron chi connectivity index (χ3n) is 8.42. The molecule has 5 atom stereocenters. The second-order valence-electron chi connectivity index (χ2n) is 10.5. The van der Waals surface area contributed by atoms with Crippen LogP contribution in [0.3, 0.4) is 0 Å². The lowest BCUT2D eigenvalue weighted by molar-refractivity contribution is 0.218. The molecule has 1 aromatic rings. The number of aliphatic hydroxyl groups excluding tert-OH is 1. The van der Waals surface area contributed by atoms with Crippen molar-refractivity contribution in [2.45, 2.75) is 70.9 Å². The third-order valence-corrected chi connectivity index (χ3v) is 8.42. The van der Waals surface area contributed by atoms with Crippen molar-refractivity contribution in [3.63, 3.8) is 0 Å². The van der Waals surface area contributed by atoms with Crippen molar-refractivity contribution in [2.24, 2.45) is 17.3 Å². The molecular formula is C31H39FO. The van der Waals surface area contributed by atoms with Crippen LogP contribution in [0.2, 0.25) is 0 Å². The highest BCUT2D eigenvalue weighted by atomic mass is 19.1. The fraction of sp³-hybridized carbons (Fsp3) is 0.484. The second kappa shape index (κ2) is 10.4.